The highest BCUT2D eigenvalue weighted by molar-refractivity contribution is 5.80. The molecule has 0 aromatic heterocycles. The molecule has 0 spiro atoms. The van der Waals surface area contributed by atoms with Crippen LogP contribution in [0.5, 0.6) is 0 Å². The van der Waals surface area contributed by atoms with Crippen LogP contribution in [0.3, 0.4) is 0 Å². The third kappa shape index (κ3) is 21.2. The Balaban J connectivity index is 0.750. The number of ether oxygens (including phenoxy) is 18. The Kier molecular flexibility index (Phi) is 35.1. The van der Waals surface area contributed by atoms with Crippen LogP contribution in [0.4, 0.5) is 0 Å². The van der Waals surface area contributed by atoms with Crippen molar-refractivity contribution in [1.29, 1.82) is 0 Å². The quantitative estimate of drug-likeness (QED) is 0.00702. The molecule has 8 saturated heterocycles. The molecule has 50 atom stereocenters. The second kappa shape index (κ2) is 43.7. The number of aliphatic hydroxyl groups excluding tert-OH is 20. The number of rotatable bonds is 35. The molecule has 4 saturated carbocycles. The van der Waals surface area contributed by atoms with Crippen LogP contribution in [0.1, 0.15) is 179 Å². The van der Waals surface area contributed by atoms with Crippen molar-refractivity contribution in [3.8, 4) is 0 Å². The normalized spacial score (nSPS) is 48.7. The summed E-state index contributed by atoms with van der Waals surface area (Å²) < 4.78 is 108. The van der Waals surface area contributed by atoms with Crippen molar-refractivity contribution in [2.45, 2.75) is 424 Å². The van der Waals surface area contributed by atoms with E-state index in [1.165, 1.54) is 13.8 Å². The number of fused-ring (bicyclic) bond motifs is 7. The largest absolute Gasteiger partial charge is 0.479 e. The fourth-order valence-electron chi connectivity index (χ4n) is 24.2. The van der Waals surface area contributed by atoms with E-state index in [0.717, 1.165) is 11.9 Å². The van der Waals surface area contributed by atoms with Crippen LogP contribution in [0.25, 0.3) is 0 Å². The summed E-state index contributed by atoms with van der Waals surface area (Å²) in [5.41, 5.74) is -7.76. The van der Waals surface area contributed by atoms with Gasteiger partial charge in [0.2, 0.25) is 12.1 Å². The Labute approximate surface area is 797 Å². The molecule has 8 aliphatic heterocycles. The number of hydrogen-bond donors (Lipinski definition) is 23. The van der Waals surface area contributed by atoms with E-state index in [-0.39, 0.29) is 50.4 Å². The van der Waals surface area contributed by atoms with Crippen molar-refractivity contribution < 1.29 is 227 Å². The molecule has 13 aliphatic rings. The van der Waals surface area contributed by atoms with E-state index in [2.05, 4.69) is 19.9 Å². The standard InChI is InChI=1S/C92H148O46/c1-13-37(3)47(126-55(102)25-42(98)24-48(38(4)14-2)127-79-61(108)58(105)50(30-94)128-79)23-41(97)26-56(103)131-68-40(6)125-81(72(64(68)111)135-78-63(110)60(107)67(39(5)124-78)132-77-66(113)69(45(99)32-122-77)133-83-75(115)90(119,34-96)35-123-83)137-84(118)91-22-21-85(7,8)27-44(91)43-15-16-52-86(9)19-18-54(87(10,33-95)51(86)17-20-88(52,11)89(43,12)28-53(91)101)130-82-73(136-80-62(109)59(106)57(104)49(29-93)129-80)70(65(112)71(134-82)76(116)117)138-92(120)36-121-31-46(100)74(92)114/h15,33,37-42,44-54,57-75,77-83,93-94,96-101,104-115,119-120H,13-14,16-32,34-36H2,1-12H3,(H,116,117)/t37-,38-,39?,40?,41-,42-,44?,45?,46?,47-,48-,49?,50?,51?,52?,53+,54-,57?,58?,59?,60?,61?,62?,63?,64?,65?,66?,67?,68?,69?,70?,71?,72?,73?,74?,75?,77?,78?,79?,80?,81?,82?,83?,86-,87-,88+,89+,90?,91+,92?/m0/s1. The summed E-state index contributed by atoms with van der Waals surface area (Å²) in [7, 11) is 0. The van der Waals surface area contributed by atoms with Crippen LogP contribution in [0, 0.1) is 62.1 Å². The number of esters is 3. The Morgan fingerprint density at radius 1 is 0.529 bits per heavy atom. The number of carbonyl (C=O) groups excluding carboxylic acids is 4. The number of carboxylic acid groups (broad SMARTS) is 1. The maximum atomic E-state index is 16.4. The van der Waals surface area contributed by atoms with Crippen molar-refractivity contribution in [1.82, 2.24) is 0 Å². The fraction of sp³-hybridized carbons (Fsp3) is 0.924. The second-order valence-electron chi connectivity index (χ2n) is 42.7. The van der Waals surface area contributed by atoms with Gasteiger partial charge in [-0.1, -0.05) is 93.7 Å². The maximum absolute atomic E-state index is 16.4. The summed E-state index contributed by atoms with van der Waals surface area (Å²) in [5.74, 6) is -10.2. The molecule has 13 rings (SSSR count). The first kappa shape index (κ1) is 111. The van der Waals surface area contributed by atoms with E-state index >= 15 is 4.79 Å². The molecular formula is C92H148O46. The molecule has 5 aliphatic carbocycles. The zero-order valence-corrected chi connectivity index (χ0v) is 79.7. The van der Waals surface area contributed by atoms with Gasteiger partial charge in [-0.25, -0.2) is 4.79 Å². The van der Waals surface area contributed by atoms with Crippen LogP contribution in [0.15, 0.2) is 11.6 Å². The van der Waals surface area contributed by atoms with Gasteiger partial charge in [0, 0.05) is 12.8 Å². The lowest BCUT2D eigenvalue weighted by molar-refractivity contribution is -0.408. The number of aliphatic hydroxyl groups is 22. The third-order valence-corrected chi connectivity index (χ3v) is 33.3. The second-order valence-corrected chi connectivity index (χ2v) is 42.7. The monoisotopic (exact) mass is 1990 g/mol. The first-order valence-corrected chi connectivity index (χ1v) is 48.3. The van der Waals surface area contributed by atoms with Gasteiger partial charge < -0.3 is 208 Å². The summed E-state index contributed by atoms with van der Waals surface area (Å²) in [6.07, 6.45) is -63.7. The van der Waals surface area contributed by atoms with Crippen LogP contribution < -0.4 is 0 Å². The highest BCUT2D eigenvalue weighted by Crippen LogP contribution is 2.76. The van der Waals surface area contributed by atoms with Crippen molar-refractivity contribution in [3.05, 3.63) is 11.6 Å². The summed E-state index contributed by atoms with van der Waals surface area (Å²) in [4.78, 5) is 72.1. The van der Waals surface area contributed by atoms with Crippen LogP contribution in [0.2, 0.25) is 0 Å². The first-order valence-electron chi connectivity index (χ1n) is 48.3. The predicted molar refractivity (Wildman–Crippen MR) is 458 cm³/mol. The van der Waals surface area contributed by atoms with Gasteiger partial charge in [0.25, 0.3) is 0 Å². The SMILES string of the molecule is CC[C@H](C)[C@H](C[C@H](O)CC(=O)OC1C(C)OC(OC(=O)[C@]23CCC(C)(C)CC2C2=CCC4[C@@]5(C)CC[C@H](OC6OC(C(=O)O)C(O)C(OC7(O)COCC(O)C7O)C6OC6OC(CO)C(O)C(O)C6O)[C@@](C)(C=O)C5CC[C@@]4(C)[C@]2(C)C[C@H]3O)C(OC2OC(C)C(OC3OCC(O)C(OC4OCC(O)(CO)C4O)C3O)C(O)C2O)C1O)OC(=O)C[C@@H](O)C[C@H](OC1OC(CO)C(O)C1O)[C@@H](C)CC. The number of carbonyl (C=O) groups is 5. The van der Waals surface area contributed by atoms with E-state index in [1.54, 1.807) is 27.7 Å². The first-order chi connectivity index (χ1) is 64.7. The lowest BCUT2D eigenvalue weighted by Crippen LogP contribution is -2.70. The fourth-order valence-corrected chi connectivity index (χ4v) is 24.2. The van der Waals surface area contributed by atoms with Crippen molar-refractivity contribution in [3.63, 3.8) is 0 Å². The summed E-state index contributed by atoms with van der Waals surface area (Å²) in [5, 5.41) is 258. The van der Waals surface area contributed by atoms with Crippen LogP contribution in [-0.4, -0.2) is 439 Å². The minimum absolute atomic E-state index is 0.00951. The van der Waals surface area contributed by atoms with E-state index in [0.29, 0.717) is 44.9 Å². The molecule has 8 heterocycles. The Morgan fingerprint density at radius 2 is 1.12 bits per heavy atom. The maximum Gasteiger partial charge on any atom is 0.335 e. The van der Waals surface area contributed by atoms with Gasteiger partial charge >= 0.3 is 23.9 Å². The van der Waals surface area contributed by atoms with Gasteiger partial charge in [-0.2, -0.15) is 0 Å². The van der Waals surface area contributed by atoms with Crippen LogP contribution >= 0.6 is 0 Å². The van der Waals surface area contributed by atoms with Gasteiger partial charge in [-0.3, -0.25) is 14.4 Å². The lowest BCUT2D eigenvalue weighted by atomic mass is 9.33. The predicted octanol–water partition coefficient (Wildman–Crippen LogP) is -5.68. The number of aldehydes is 1. The van der Waals surface area contributed by atoms with Crippen molar-refractivity contribution >= 4 is 30.2 Å². The molecule has 0 aromatic carbocycles. The molecule has 12 fully saturated rings. The molecule has 0 aromatic rings. The molecule has 46 nitrogen and oxygen atoms in total. The van der Waals surface area contributed by atoms with Gasteiger partial charge in [0.05, 0.1) is 101 Å². The van der Waals surface area contributed by atoms with E-state index < -0.39 is 378 Å². The zero-order valence-electron chi connectivity index (χ0n) is 79.7. The molecule has 792 valence electrons. The van der Waals surface area contributed by atoms with Gasteiger partial charge in [0.1, 0.15) is 152 Å². The number of hydrogen-bond acceptors (Lipinski definition) is 45. The van der Waals surface area contributed by atoms with E-state index in [4.69, 9.17) is 85.3 Å². The lowest BCUT2D eigenvalue weighted by Gasteiger charge is -2.71. The molecular weight excluding hydrogens is 1840 g/mol. The van der Waals surface area contributed by atoms with Gasteiger partial charge in [0.15, 0.2) is 56.1 Å². The molecule has 37 unspecified atom stereocenters. The summed E-state index contributed by atoms with van der Waals surface area (Å²) in [6.45, 7) is 16.8. The number of allylic oxidation sites excluding steroid dienone is 2. The molecule has 0 bridgehead atoms. The highest BCUT2D eigenvalue weighted by Gasteiger charge is 2.74. The van der Waals surface area contributed by atoms with Gasteiger partial charge in [-0.05, 0) is 123 Å². The average Bonchev–Trinajstić information content (AvgIpc) is 1.01. The van der Waals surface area contributed by atoms with Crippen LogP contribution in [-0.2, 0) is 109 Å². The Hall–Kier alpha value is -4.19. The Morgan fingerprint density at radius 3 is 1.75 bits per heavy atom. The molecule has 138 heavy (non-hydrogen) atoms. The zero-order chi connectivity index (χ0) is 101. The Bertz CT molecular complexity index is 4120. The van der Waals surface area contributed by atoms with E-state index in [1.807, 2.05) is 27.7 Å². The van der Waals surface area contributed by atoms with Gasteiger partial charge in [-0.15, -0.1) is 0 Å². The number of carboxylic acids is 1. The molecule has 0 amide bonds. The summed E-state index contributed by atoms with van der Waals surface area (Å²) >= 11 is 0. The highest BCUT2D eigenvalue weighted by atomic mass is 16.8. The van der Waals surface area contributed by atoms with Crippen molar-refractivity contribution in [2.24, 2.45) is 62.1 Å². The topological polar surface area (TPSA) is 717 Å². The summed E-state index contributed by atoms with van der Waals surface area (Å²) in [6, 6.07) is 0. The third-order valence-electron chi connectivity index (χ3n) is 33.3. The minimum atomic E-state index is -2.93. The van der Waals surface area contributed by atoms with E-state index in [9.17, 15) is 137 Å². The smallest absolute Gasteiger partial charge is 0.335 e. The van der Waals surface area contributed by atoms with Crippen molar-refractivity contribution in [2.75, 3.05) is 46.2 Å². The number of aliphatic carboxylic acids is 1. The molecule has 46 heteroatoms. The molecule has 0 radical (unpaired) electrons. The minimum Gasteiger partial charge on any atom is -0.479 e. The molecule has 23 N–H and O–H groups in total. The average molecular weight is 1990 g/mol.